The zero-order chi connectivity index (χ0) is 15.1. The molecule has 21 heavy (non-hydrogen) atoms. The van der Waals surface area contributed by atoms with Crippen molar-refractivity contribution in [3.05, 3.63) is 58.1 Å². The number of imidazole rings is 1. The summed E-state index contributed by atoms with van der Waals surface area (Å²) >= 11 is 11.7. The highest BCUT2D eigenvalue weighted by Gasteiger charge is 2.13. The van der Waals surface area contributed by atoms with Gasteiger partial charge in [0, 0.05) is 18.0 Å². The normalized spacial score (nSPS) is 11.0. The van der Waals surface area contributed by atoms with Gasteiger partial charge >= 0.3 is 5.97 Å². The molecule has 1 N–H and O–H groups in total. The van der Waals surface area contributed by atoms with Crippen molar-refractivity contribution in [2.24, 2.45) is 0 Å². The van der Waals surface area contributed by atoms with Crippen molar-refractivity contribution < 1.29 is 14.3 Å². The van der Waals surface area contributed by atoms with Crippen LogP contribution < -0.4 is 0 Å². The Hall–Kier alpha value is -2.11. The minimum Gasteiger partial charge on any atom is -0.478 e. The van der Waals surface area contributed by atoms with Crippen molar-refractivity contribution in [3.63, 3.8) is 0 Å². The lowest BCUT2D eigenvalue weighted by Crippen LogP contribution is -1.97. The second kappa shape index (κ2) is 5.02. The fraction of sp³-hybridized carbons (Fsp3) is 0. The van der Waals surface area contributed by atoms with Gasteiger partial charge in [0.25, 0.3) is 0 Å². The number of aromatic carboxylic acids is 1. The molecule has 0 aliphatic carbocycles. The molecular weight excluding hydrogens is 318 g/mol. The Balaban J connectivity index is 2.17. The minimum absolute atomic E-state index is 0.0688. The number of hydrogen-bond acceptors (Lipinski definition) is 2. The molecule has 0 aliphatic heterocycles. The molecule has 0 bridgehead atoms. The van der Waals surface area contributed by atoms with Gasteiger partial charge in [-0.05, 0) is 24.3 Å². The molecular formula is C14H7Cl2FN2O2. The number of hydrogen-bond donors (Lipinski definition) is 1. The summed E-state index contributed by atoms with van der Waals surface area (Å²) in [6.07, 6.45) is 3.00. The quantitative estimate of drug-likeness (QED) is 0.720. The van der Waals surface area contributed by atoms with E-state index < -0.39 is 11.8 Å². The van der Waals surface area contributed by atoms with Gasteiger partial charge < -0.3 is 9.51 Å². The molecule has 2 aromatic heterocycles. The summed E-state index contributed by atoms with van der Waals surface area (Å²) in [7, 11) is 0. The largest absolute Gasteiger partial charge is 0.478 e. The van der Waals surface area contributed by atoms with Crippen LogP contribution in [0.2, 0.25) is 10.0 Å². The summed E-state index contributed by atoms with van der Waals surface area (Å²) in [4.78, 5) is 15.2. The van der Waals surface area contributed by atoms with Crippen LogP contribution in [0.25, 0.3) is 16.9 Å². The third-order valence-corrected chi connectivity index (χ3v) is 3.59. The molecule has 106 valence electrons. The highest BCUT2D eigenvalue weighted by molar-refractivity contribution is 6.36. The number of rotatable bonds is 2. The number of halogens is 3. The van der Waals surface area contributed by atoms with Gasteiger partial charge in [0.15, 0.2) is 0 Å². The number of aromatic nitrogens is 2. The van der Waals surface area contributed by atoms with Crippen LogP contribution in [0.5, 0.6) is 0 Å². The first-order valence-electron chi connectivity index (χ1n) is 5.82. The molecule has 2 heterocycles. The number of benzene rings is 1. The predicted octanol–water partition coefficient (Wildman–Crippen LogP) is 4.15. The highest BCUT2D eigenvalue weighted by Crippen LogP contribution is 2.31. The van der Waals surface area contributed by atoms with Gasteiger partial charge in [0.2, 0.25) is 0 Å². The van der Waals surface area contributed by atoms with Crippen molar-refractivity contribution in [1.82, 2.24) is 9.38 Å². The third-order valence-electron chi connectivity index (χ3n) is 2.98. The van der Waals surface area contributed by atoms with E-state index in [1.54, 1.807) is 16.7 Å². The van der Waals surface area contributed by atoms with E-state index in [4.69, 9.17) is 28.3 Å². The Bertz CT molecular complexity index is 877. The van der Waals surface area contributed by atoms with Crippen LogP contribution in [0.1, 0.15) is 10.4 Å². The van der Waals surface area contributed by atoms with Crippen LogP contribution in [0.15, 0.2) is 36.7 Å². The molecule has 4 nitrogen and oxygen atoms in total. The number of carboxylic acid groups (broad SMARTS) is 1. The maximum atomic E-state index is 13.6. The van der Waals surface area contributed by atoms with Crippen LogP contribution >= 0.6 is 23.2 Å². The lowest BCUT2D eigenvalue weighted by atomic mass is 10.1. The van der Waals surface area contributed by atoms with E-state index in [9.17, 15) is 9.18 Å². The van der Waals surface area contributed by atoms with Gasteiger partial charge in [-0.25, -0.2) is 14.2 Å². The molecule has 0 amide bonds. The smallest absolute Gasteiger partial charge is 0.337 e. The summed E-state index contributed by atoms with van der Waals surface area (Å²) in [5.41, 5.74) is 1.47. The number of pyridine rings is 1. The Morgan fingerprint density at radius 1 is 1.19 bits per heavy atom. The van der Waals surface area contributed by atoms with E-state index in [1.807, 2.05) is 0 Å². The van der Waals surface area contributed by atoms with Crippen molar-refractivity contribution in [1.29, 1.82) is 0 Å². The third kappa shape index (κ3) is 2.46. The van der Waals surface area contributed by atoms with Crippen molar-refractivity contribution in [2.75, 3.05) is 0 Å². The Morgan fingerprint density at radius 2 is 1.95 bits per heavy atom. The molecule has 0 fully saturated rings. The minimum atomic E-state index is -1.04. The average molecular weight is 325 g/mol. The molecule has 0 aliphatic rings. The SMILES string of the molecule is O=C(O)c1ccc2nc(-c3cc(F)c(Cl)cc3Cl)cn2c1. The number of carboxylic acids is 1. The predicted molar refractivity (Wildman–Crippen MR) is 77.6 cm³/mol. The van der Waals surface area contributed by atoms with Gasteiger partial charge in [-0.1, -0.05) is 23.2 Å². The standard InChI is InChI=1S/C14H7Cl2FN2O2/c15-9-4-10(16)11(17)3-8(9)12-6-19-5-7(14(20)21)1-2-13(19)18-12/h1-6H,(H,20,21). The van der Waals surface area contributed by atoms with Gasteiger partial charge in [0.05, 0.1) is 21.3 Å². The maximum Gasteiger partial charge on any atom is 0.337 e. The second-order valence-electron chi connectivity index (χ2n) is 4.36. The molecule has 0 atom stereocenters. The van der Waals surface area contributed by atoms with Crippen LogP contribution in [-0.2, 0) is 0 Å². The zero-order valence-electron chi connectivity index (χ0n) is 10.3. The Kier molecular flexibility index (Phi) is 3.31. The van der Waals surface area contributed by atoms with E-state index >= 15 is 0 Å². The highest BCUT2D eigenvalue weighted by atomic mass is 35.5. The lowest BCUT2D eigenvalue weighted by molar-refractivity contribution is 0.0696. The fourth-order valence-electron chi connectivity index (χ4n) is 1.97. The van der Waals surface area contributed by atoms with Crippen molar-refractivity contribution >= 4 is 34.8 Å². The number of nitrogens with zero attached hydrogens (tertiary/aromatic N) is 2. The first kappa shape index (κ1) is 13.9. The summed E-state index contributed by atoms with van der Waals surface area (Å²) in [6, 6.07) is 5.51. The summed E-state index contributed by atoms with van der Waals surface area (Å²) in [5.74, 6) is -1.64. The van der Waals surface area contributed by atoms with Gasteiger partial charge in [-0.3, -0.25) is 0 Å². The van der Waals surface area contributed by atoms with E-state index in [0.29, 0.717) is 16.9 Å². The number of fused-ring (bicyclic) bond motifs is 1. The molecule has 3 rings (SSSR count). The first-order valence-corrected chi connectivity index (χ1v) is 6.58. The van der Waals surface area contributed by atoms with E-state index in [-0.39, 0.29) is 15.6 Å². The molecule has 0 spiro atoms. The van der Waals surface area contributed by atoms with Crippen LogP contribution in [0.3, 0.4) is 0 Å². The van der Waals surface area contributed by atoms with E-state index in [0.717, 1.165) is 0 Å². The summed E-state index contributed by atoms with van der Waals surface area (Å²) < 4.78 is 15.1. The van der Waals surface area contributed by atoms with Crippen molar-refractivity contribution in [3.8, 4) is 11.3 Å². The first-order chi connectivity index (χ1) is 9.95. The van der Waals surface area contributed by atoms with E-state index in [1.165, 1.54) is 24.4 Å². The van der Waals surface area contributed by atoms with E-state index in [2.05, 4.69) is 4.98 Å². The van der Waals surface area contributed by atoms with Gasteiger partial charge in [-0.2, -0.15) is 0 Å². The second-order valence-corrected chi connectivity index (χ2v) is 5.18. The average Bonchev–Trinajstić information content (AvgIpc) is 2.85. The van der Waals surface area contributed by atoms with Gasteiger partial charge in [0.1, 0.15) is 11.5 Å². The zero-order valence-corrected chi connectivity index (χ0v) is 11.9. The van der Waals surface area contributed by atoms with Crippen LogP contribution in [0.4, 0.5) is 4.39 Å². The summed E-state index contributed by atoms with van der Waals surface area (Å²) in [5, 5.41) is 9.16. The molecule has 0 unspecified atom stereocenters. The van der Waals surface area contributed by atoms with Crippen LogP contribution in [0, 0.1) is 5.82 Å². The lowest BCUT2D eigenvalue weighted by Gasteiger charge is -2.02. The topological polar surface area (TPSA) is 54.6 Å². The van der Waals surface area contributed by atoms with Crippen LogP contribution in [-0.4, -0.2) is 20.5 Å². The van der Waals surface area contributed by atoms with Crippen molar-refractivity contribution in [2.45, 2.75) is 0 Å². The maximum absolute atomic E-state index is 13.6. The molecule has 3 aromatic rings. The van der Waals surface area contributed by atoms with Gasteiger partial charge in [-0.15, -0.1) is 0 Å². The molecule has 0 radical (unpaired) electrons. The molecule has 0 saturated heterocycles. The number of carbonyl (C=O) groups is 1. The monoisotopic (exact) mass is 324 g/mol. The molecule has 7 heteroatoms. The fourth-order valence-corrected chi connectivity index (χ4v) is 2.45. The Labute approximate surface area is 128 Å². The Morgan fingerprint density at radius 3 is 2.67 bits per heavy atom. The molecule has 0 saturated carbocycles. The molecule has 1 aromatic carbocycles. The summed E-state index contributed by atoms with van der Waals surface area (Å²) in [6.45, 7) is 0.